The van der Waals surface area contributed by atoms with Gasteiger partial charge in [-0.2, -0.15) is 0 Å². The number of piperidine rings is 1. The molecular formula is C45H73NO16. The standard InChI is InChI=1S/C45H73NO16/c1-18-12-27(49)31-19(2)30-26(46(31)15-18)14-25-23-7-6-21-13-22(8-10-44(21,4)24(23)9-11-45(25,30)5)58-43-40(62-41-37(55)35(53)32(50)20(3)57-41)39(34(52)29(17-48)60-43)61-42-38(56)36(54)33(51)28(16-47)59-42/h6,18-20,22-43,47-56H,7-17H2,1-5H3/t18-,19-,20+,22+,23-,24-,25+,26+,27+,28-,29-,30+,31-,32+,33-,34-,35-,36+,37-,38-,39+,40+,41+,42+,43-,44+,45-/m0/s1. The van der Waals surface area contributed by atoms with Crippen molar-refractivity contribution in [2.75, 3.05) is 19.8 Å². The third-order valence-corrected chi connectivity index (χ3v) is 18.0. The average Bonchev–Trinajstić information content (AvgIpc) is 3.72. The Balaban J connectivity index is 0.952. The first-order valence-corrected chi connectivity index (χ1v) is 23.5. The van der Waals surface area contributed by atoms with Crippen LogP contribution < -0.4 is 0 Å². The minimum Gasteiger partial charge on any atom is -0.394 e. The Labute approximate surface area is 363 Å². The molecule has 0 radical (unpaired) electrons. The molecule has 17 heteroatoms. The fraction of sp³-hybridized carbons (Fsp3) is 0.956. The number of fused-ring (bicyclic) bond motifs is 9. The summed E-state index contributed by atoms with van der Waals surface area (Å²) in [5.74, 6) is 3.21. The highest BCUT2D eigenvalue weighted by Gasteiger charge is 2.67. The van der Waals surface area contributed by atoms with Gasteiger partial charge in [-0.1, -0.05) is 39.3 Å². The Kier molecular flexibility index (Phi) is 12.9. The molecule has 0 aromatic heterocycles. The molecule has 0 bridgehead atoms. The van der Waals surface area contributed by atoms with Crippen LogP contribution in [-0.2, 0) is 28.4 Å². The van der Waals surface area contributed by atoms with Crippen molar-refractivity contribution in [1.82, 2.24) is 4.90 Å². The van der Waals surface area contributed by atoms with Gasteiger partial charge in [-0.15, -0.1) is 0 Å². The molecule has 9 aliphatic rings. The molecule has 5 saturated heterocycles. The number of allylic oxidation sites excluding steroid dienone is 1. The van der Waals surface area contributed by atoms with Crippen LogP contribution in [0.15, 0.2) is 11.6 Å². The number of aliphatic hydroxyl groups excluding tert-OH is 10. The number of rotatable bonds is 8. The molecular weight excluding hydrogens is 810 g/mol. The van der Waals surface area contributed by atoms with Crippen molar-refractivity contribution in [3.63, 3.8) is 0 Å². The van der Waals surface area contributed by atoms with E-state index in [9.17, 15) is 51.1 Å². The van der Waals surface area contributed by atoms with Crippen LogP contribution in [0.25, 0.3) is 0 Å². The van der Waals surface area contributed by atoms with Crippen molar-refractivity contribution in [2.45, 2.75) is 202 Å². The molecule has 5 heterocycles. The van der Waals surface area contributed by atoms with Gasteiger partial charge in [0.1, 0.15) is 67.1 Å². The molecule has 4 aliphatic carbocycles. The summed E-state index contributed by atoms with van der Waals surface area (Å²) in [5.41, 5.74) is 1.52. The molecule has 17 nitrogen and oxygen atoms in total. The van der Waals surface area contributed by atoms with Crippen molar-refractivity contribution in [2.24, 2.45) is 46.3 Å². The molecule has 354 valence electrons. The van der Waals surface area contributed by atoms with E-state index >= 15 is 0 Å². The molecule has 10 N–H and O–H groups in total. The smallest absolute Gasteiger partial charge is 0.187 e. The van der Waals surface area contributed by atoms with Gasteiger partial charge in [-0.3, -0.25) is 4.90 Å². The summed E-state index contributed by atoms with van der Waals surface area (Å²) >= 11 is 0. The van der Waals surface area contributed by atoms with Crippen molar-refractivity contribution in [1.29, 1.82) is 0 Å². The third-order valence-electron chi connectivity index (χ3n) is 18.0. The molecule has 3 saturated carbocycles. The minimum atomic E-state index is -1.84. The Morgan fingerprint density at radius 3 is 2.05 bits per heavy atom. The predicted molar refractivity (Wildman–Crippen MR) is 216 cm³/mol. The maximum Gasteiger partial charge on any atom is 0.187 e. The van der Waals surface area contributed by atoms with E-state index in [1.807, 2.05) is 0 Å². The quantitative estimate of drug-likeness (QED) is 0.133. The molecule has 27 atom stereocenters. The van der Waals surface area contributed by atoms with Crippen LogP contribution >= 0.6 is 0 Å². The largest absolute Gasteiger partial charge is 0.394 e. The molecule has 5 aliphatic heterocycles. The van der Waals surface area contributed by atoms with Gasteiger partial charge >= 0.3 is 0 Å². The predicted octanol–water partition coefficient (Wildman–Crippen LogP) is -0.874. The number of hydrogen-bond donors (Lipinski definition) is 10. The van der Waals surface area contributed by atoms with E-state index < -0.39 is 111 Å². The maximum absolute atomic E-state index is 11.6. The van der Waals surface area contributed by atoms with Crippen LogP contribution in [0.5, 0.6) is 0 Å². The first-order valence-electron chi connectivity index (χ1n) is 23.5. The topological polar surface area (TPSA) is 261 Å². The maximum atomic E-state index is 11.6. The van der Waals surface area contributed by atoms with Gasteiger partial charge in [0.25, 0.3) is 0 Å². The fourth-order valence-electron chi connectivity index (χ4n) is 14.9. The van der Waals surface area contributed by atoms with Crippen LogP contribution in [0.3, 0.4) is 0 Å². The normalized spacial score (nSPS) is 57.8. The SMILES string of the molecule is C[C@H]1C[C@@H](O)[C@@H]2[C@@H](C)[C@@H]3[C@@H](C[C@@H]4[C@H]5CC=C6C[C@H](O[C@H]7O[C@@H](CO)[C@H](O)[C@@H](O[C@H]8O[C@@H](CO)[C@H](O)[C@@H](O)[C@@H]8O)[C@H]7O[C@H]7O[C@H](C)[C@@H](O)[C@H](O)[C@@H]7O)CC[C@@]6(C)[C@H]5CC[C@]34C)N2C1. The van der Waals surface area contributed by atoms with E-state index in [1.54, 1.807) is 0 Å². The van der Waals surface area contributed by atoms with Gasteiger partial charge in [0.15, 0.2) is 18.9 Å². The first kappa shape index (κ1) is 46.2. The lowest BCUT2D eigenvalue weighted by molar-refractivity contribution is -0.394. The van der Waals surface area contributed by atoms with E-state index in [4.69, 9.17) is 28.4 Å². The summed E-state index contributed by atoms with van der Waals surface area (Å²) in [4.78, 5) is 2.71. The second-order valence-corrected chi connectivity index (χ2v) is 21.4. The number of aliphatic hydroxyl groups is 10. The Morgan fingerprint density at radius 1 is 0.694 bits per heavy atom. The highest BCUT2D eigenvalue weighted by molar-refractivity contribution is 5.27. The second-order valence-electron chi connectivity index (χ2n) is 21.4. The van der Waals surface area contributed by atoms with Gasteiger partial charge in [-0.05, 0) is 105 Å². The molecule has 9 rings (SSSR count). The van der Waals surface area contributed by atoms with Crippen molar-refractivity contribution >= 4 is 0 Å². The molecule has 0 aromatic rings. The average molecular weight is 884 g/mol. The lowest BCUT2D eigenvalue weighted by Crippen LogP contribution is -2.67. The lowest BCUT2D eigenvalue weighted by Gasteiger charge is -2.58. The Hall–Kier alpha value is -0.940. The molecule has 8 fully saturated rings. The van der Waals surface area contributed by atoms with Gasteiger partial charge in [-0.25, -0.2) is 0 Å². The third kappa shape index (κ3) is 7.40. The zero-order valence-electron chi connectivity index (χ0n) is 36.7. The van der Waals surface area contributed by atoms with Crippen molar-refractivity contribution < 1.29 is 79.5 Å². The van der Waals surface area contributed by atoms with Crippen LogP contribution in [0.1, 0.15) is 86.0 Å². The monoisotopic (exact) mass is 883 g/mol. The number of hydrogen-bond acceptors (Lipinski definition) is 17. The van der Waals surface area contributed by atoms with Crippen molar-refractivity contribution in [3.8, 4) is 0 Å². The zero-order chi connectivity index (χ0) is 44.3. The molecule has 62 heavy (non-hydrogen) atoms. The summed E-state index contributed by atoms with van der Waals surface area (Å²) in [7, 11) is 0. The lowest BCUT2D eigenvalue weighted by atomic mass is 9.47. The van der Waals surface area contributed by atoms with E-state index in [0.717, 1.165) is 32.2 Å². The molecule has 0 aromatic carbocycles. The first-order chi connectivity index (χ1) is 29.4. The highest BCUT2D eigenvalue weighted by Crippen LogP contribution is 2.70. The van der Waals surface area contributed by atoms with E-state index in [1.165, 1.54) is 25.3 Å². The summed E-state index contributed by atoms with van der Waals surface area (Å²) in [5, 5.41) is 107. The summed E-state index contributed by atoms with van der Waals surface area (Å²) in [6.07, 6.45) is -13.8. The zero-order valence-corrected chi connectivity index (χ0v) is 36.7. The number of nitrogens with zero attached hydrogens (tertiary/aromatic N) is 1. The van der Waals surface area contributed by atoms with Crippen molar-refractivity contribution in [3.05, 3.63) is 11.6 Å². The second kappa shape index (κ2) is 17.3. The summed E-state index contributed by atoms with van der Waals surface area (Å²) in [6, 6.07) is 0.773. The highest BCUT2D eigenvalue weighted by atomic mass is 16.8. The van der Waals surface area contributed by atoms with Crippen LogP contribution in [0.4, 0.5) is 0 Å². The van der Waals surface area contributed by atoms with Crippen LogP contribution in [-0.4, -0.2) is 192 Å². The molecule has 0 unspecified atom stereocenters. The molecule has 0 amide bonds. The van der Waals surface area contributed by atoms with Crippen LogP contribution in [0, 0.1) is 46.3 Å². The van der Waals surface area contributed by atoms with E-state index in [-0.39, 0.29) is 23.0 Å². The molecule has 0 spiro atoms. The Morgan fingerprint density at radius 2 is 1.34 bits per heavy atom. The summed E-state index contributed by atoms with van der Waals surface area (Å²) in [6.45, 7) is 10.8. The fourth-order valence-corrected chi connectivity index (χ4v) is 14.9. The van der Waals surface area contributed by atoms with E-state index in [0.29, 0.717) is 54.4 Å². The minimum absolute atomic E-state index is 0.0408. The van der Waals surface area contributed by atoms with Gasteiger partial charge in [0.05, 0.1) is 31.5 Å². The van der Waals surface area contributed by atoms with Gasteiger partial charge in [0, 0.05) is 18.6 Å². The van der Waals surface area contributed by atoms with Crippen LogP contribution in [0.2, 0.25) is 0 Å². The van der Waals surface area contributed by atoms with Gasteiger partial charge < -0.3 is 79.5 Å². The summed E-state index contributed by atoms with van der Waals surface area (Å²) < 4.78 is 36.8. The van der Waals surface area contributed by atoms with E-state index in [2.05, 4.69) is 38.7 Å². The number of ether oxygens (including phenoxy) is 6. The van der Waals surface area contributed by atoms with Gasteiger partial charge in [0.2, 0.25) is 0 Å². The Bertz CT molecular complexity index is 1620.